The Balaban J connectivity index is 1.50. The molecule has 1 saturated heterocycles. The number of Topliss-reactive ketones (excluding diaryl/α,β-unsaturated/α-hetero) is 1. The van der Waals surface area contributed by atoms with Gasteiger partial charge in [-0.3, -0.25) is 9.52 Å². The van der Waals surface area contributed by atoms with Gasteiger partial charge >= 0.3 is 0 Å². The molecule has 1 atom stereocenters. The van der Waals surface area contributed by atoms with E-state index in [1.54, 1.807) is 25.2 Å². The molecule has 0 bridgehead atoms. The van der Waals surface area contributed by atoms with Gasteiger partial charge in [0.05, 0.1) is 4.91 Å². The van der Waals surface area contributed by atoms with E-state index in [9.17, 15) is 13.2 Å². The summed E-state index contributed by atoms with van der Waals surface area (Å²) in [5.74, 6) is 0.654. The monoisotopic (exact) mass is 511 g/mol. The van der Waals surface area contributed by atoms with Gasteiger partial charge in [0.2, 0.25) is 0 Å². The lowest BCUT2D eigenvalue weighted by Gasteiger charge is -2.36. The maximum Gasteiger partial charge on any atom is 0.257 e. The number of hydrogen-bond acceptors (Lipinski definition) is 5. The summed E-state index contributed by atoms with van der Waals surface area (Å²) < 4.78 is 28.1. The summed E-state index contributed by atoms with van der Waals surface area (Å²) in [6, 6.07) is 0. The summed E-state index contributed by atoms with van der Waals surface area (Å²) in [5.41, 5.74) is 2.82. The molecule has 0 saturated carbocycles. The Morgan fingerprint density at radius 2 is 1.83 bits per heavy atom. The third-order valence-corrected chi connectivity index (χ3v) is 8.47. The van der Waals surface area contributed by atoms with Crippen molar-refractivity contribution in [1.82, 2.24) is 14.5 Å². The molecule has 1 heterocycles. The molecule has 0 amide bonds. The highest BCUT2D eigenvalue weighted by Crippen LogP contribution is 2.23. The third kappa shape index (κ3) is 8.57. The smallest absolute Gasteiger partial charge is 0.257 e. The average Bonchev–Trinajstić information content (AvgIpc) is 2.86. The first-order chi connectivity index (χ1) is 17.2. The van der Waals surface area contributed by atoms with Crippen molar-refractivity contribution in [2.24, 2.45) is 5.92 Å². The first-order valence-electron chi connectivity index (χ1n) is 12.9. The van der Waals surface area contributed by atoms with Gasteiger partial charge < -0.3 is 9.80 Å². The molecule has 36 heavy (non-hydrogen) atoms. The fraction of sp³-hybridized carbons (Fsp3) is 0.483. The zero-order valence-corrected chi connectivity index (χ0v) is 22.8. The fourth-order valence-corrected chi connectivity index (χ4v) is 5.29. The number of sulfonamides is 1. The molecule has 1 N–H and O–H groups in total. The van der Waals surface area contributed by atoms with E-state index in [1.807, 2.05) is 19.9 Å². The van der Waals surface area contributed by atoms with Crippen LogP contribution in [-0.4, -0.2) is 63.3 Å². The van der Waals surface area contributed by atoms with E-state index >= 15 is 0 Å². The summed E-state index contributed by atoms with van der Waals surface area (Å²) in [6.45, 7) is 15.3. The molecule has 1 fully saturated rings. The van der Waals surface area contributed by atoms with Crippen LogP contribution in [0.5, 0.6) is 0 Å². The van der Waals surface area contributed by atoms with E-state index in [2.05, 4.69) is 45.4 Å². The number of hydrogen-bond donors (Lipinski definition) is 1. The average molecular weight is 512 g/mol. The highest BCUT2D eigenvalue weighted by molar-refractivity contribution is 7.93. The Morgan fingerprint density at radius 3 is 2.50 bits per heavy atom. The zero-order valence-electron chi connectivity index (χ0n) is 22.0. The molecule has 7 heteroatoms. The van der Waals surface area contributed by atoms with Crippen molar-refractivity contribution in [3.05, 3.63) is 82.5 Å². The topological polar surface area (TPSA) is 69.7 Å². The predicted octanol–water partition coefficient (Wildman–Crippen LogP) is 4.65. The fourth-order valence-electron chi connectivity index (χ4n) is 4.45. The van der Waals surface area contributed by atoms with Gasteiger partial charge in [0, 0.05) is 63.4 Å². The minimum atomic E-state index is -3.70. The summed E-state index contributed by atoms with van der Waals surface area (Å²) in [4.78, 5) is 18.1. The molecule has 0 spiro atoms. The van der Waals surface area contributed by atoms with Gasteiger partial charge in [-0.15, -0.1) is 0 Å². The van der Waals surface area contributed by atoms with Crippen LogP contribution in [0.3, 0.4) is 0 Å². The van der Waals surface area contributed by atoms with Crippen LogP contribution >= 0.6 is 0 Å². The molecule has 0 aromatic carbocycles. The van der Waals surface area contributed by atoms with Crippen LogP contribution in [0.4, 0.5) is 0 Å². The van der Waals surface area contributed by atoms with E-state index in [1.165, 1.54) is 0 Å². The summed E-state index contributed by atoms with van der Waals surface area (Å²) in [5, 5.41) is 0. The minimum Gasteiger partial charge on any atom is -0.300 e. The van der Waals surface area contributed by atoms with Crippen LogP contribution in [0, 0.1) is 5.92 Å². The number of piperazine rings is 1. The number of allylic oxidation sites excluding steroid dienone is 11. The van der Waals surface area contributed by atoms with Crippen LogP contribution in [0.2, 0.25) is 0 Å². The van der Waals surface area contributed by atoms with Gasteiger partial charge in [-0.25, -0.2) is 8.42 Å². The molecule has 0 aromatic heterocycles. The van der Waals surface area contributed by atoms with Gasteiger partial charge in [-0.1, -0.05) is 49.5 Å². The van der Waals surface area contributed by atoms with Crippen LogP contribution in [0.15, 0.2) is 82.5 Å². The Morgan fingerprint density at radius 1 is 1.11 bits per heavy atom. The molecule has 2 aliphatic carbocycles. The zero-order chi connectivity index (χ0) is 26.1. The Hall–Kier alpha value is -2.48. The van der Waals surface area contributed by atoms with Gasteiger partial charge in [-0.05, 0) is 56.4 Å². The SMILES string of the molecule is C=C1C=C(NS(=O)(=O)/C(C)=C/C=C(/C)CC)C=C(C(=O)CCN2CCN(C[C@H]3C=CC=CC3)CC2)C1. The van der Waals surface area contributed by atoms with Gasteiger partial charge in [0.15, 0.2) is 5.78 Å². The molecular weight excluding hydrogens is 470 g/mol. The Bertz CT molecular complexity index is 1110. The number of carbonyl (C=O) groups excluding carboxylic acids is 1. The summed E-state index contributed by atoms with van der Waals surface area (Å²) in [7, 11) is -3.70. The largest absolute Gasteiger partial charge is 0.300 e. The Labute approximate surface area is 217 Å². The standard InChI is InChI=1S/C29H41N3O3S/c1-5-23(2)11-12-25(4)36(34,35)30-28-20-24(3)19-27(21-28)29(33)13-14-31-15-17-32(18-16-31)22-26-9-7-6-8-10-26/h6-9,11-12,20-21,26,30H,3,5,10,13-19,22H2,1-2,4H3/b23-11-,25-12+/t26-/m0/s1. The normalized spacial score (nSPS) is 22.4. The second-order valence-corrected chi connectivity index (χ2v) is 11.8. The maximum absolute atomic E-state index is 13.0. The van der Waals surface area contributed by atoms with Crippen molar-refractivity contribution in [1.29, 1.82) is 0 Å². The van der Waals surface area contributed by atoms with Crippen molar-refractivity contribution in [3.8, 4) is 0 Å². The molecule has 6 nitrogen and oxygen atoms in total. The van der Waals surface area contributed by atoms with E-state index in [4.69, 9.17) is 0 Å². The van der Waals surface area contributed by atoms with Crippen LogP contribution < -0.4 is 4.72 Å². The van der Waals surface area contributed by atoms with Crippen molar-refractivity contribution in [3.63, 3.8) is 0 Å². The van der Waals surface area contributed by atoms with Crippen molar-refractivity contribution < 1.29 is 13.2 Å². The molecule has 3 rings (SSSR count). The van der Waals surface area contributed by atoms with Gasteiger partial charge in [0.25, 0.3) is 10.0 Å². The summed E-state index contributed by atoms with van der Waals surface area (Å²) >= 11 is 0. The molecule has 196 valence electrons. The maximum atomic E-state index is 13.0. The minimum absolute atomic E-state index is 0.0521. The number of nitrogens with one attached hydrogen (secondary N) is 1. The third-order valence-electron chi connectivity index (χ3n) is 6.98. The number of rotatable bonds is 11. The van der Waals surface area contributed by atoms with E-state index in [-0.39, 0.29) is 10.7 Å². The second kappa shape index (κ2) is 13.2. The van der Waals surface area contributed by atoms with E-state index in [0.29, 0.717) is 30.0 Å². The molecular formula is C29H41N3O3S. The van der Waals surface area contributed by atoms with Gasteiger partial charge in [0.1, 0.15) is 0 Å². The molecule has 0 aromatic rings. The van der Waals surface area contributed by atoms with Gasteiger partial charge in [-0.2, -0.15) is 0 Å². The van der Waals surface area contributed by atoms with Crippen LogP contribution in [0.1, 0.15) is 46.5 Å². The van der Waals surface area contributed by atoms with Crippen molar-refractivity contribution in [2.45, 2.75) is 46.5 Å². The first kappa shape index (κ1) is 28.1. The summed E-state index contributed by atoms with van der Waals surface area (Å²) in [6.07, 6.45) is 18.4. The molecule has 1 aliphatic heterocycles. The first-order valence-corrected chi connectivity index (χ1v) is 14.4. The van der Waals surface area contributed by atoms with Crippen molar-refractivity contribution in [2.75, 3.05) is 39.3 Å². The van der Waals surface area contributed by atoms with E-state index in [0.717, 1.165) is 63.3 Å². The molecule has 3 aliphatic rings. The Kier molecular flexibility index (Phi) is 10.3. The number of ketones is 1. The van der Waals surface area contributed by atoms with E-state index < -0.39 is 10.0 Å². The quantitative estimate of drug-likeness (QED) is 0.409. The predicted molar refractivity (Wildman–Crippen MR) is 149 cm³/mol. The lowest BCUT2D eigenvalue weighted by Crippen LogP contribution is -2.48. The highest BCUT2D eigenvalue weighted by Gasteiger charge is 2.22. The second-order valence-electron chi connectivity index (χ2n) is 9.98. The van der Waals surface area contributed by atoms with Crippen LogP contribution in [0.25, 0.3) is 0 Å². The lowest BCUT2D eigenvalue weighted by atomic mass is 9.95. The molecule has 0 unspecified atom stereocenters. The number of nitrogens with zero attached hydrogens (tertiary/aromatic N) is 2. The van der Waals surface area contributed by atoms with Crippen molar-refractivity contribution >= 4 is 15.8 Å². The highest BCUT2D eigenvalue weighted by atomic mass is 32.2. The lowest BCUT2D eigenvalue weighted by molar-refractivity contribution is -0.116. The van der Waals surface area contributed by atoms with Crippen LogP contribution in [-0.2, 0) is 14.8 Å². The number of carbonyl (C=O) groups is 1. The molecule has 0 radical (unpaired) electrons.